The molecule has 0 unspecified atom stereocenters. The number of nitriles is 2. The smallest absolute Gasteiger partial charge is 0.225 e. The van der Waals surface area contributed by atoms with E-state index in [1.54, 1.807) is 30.5 Å². The van der Waals surface area contributed by atoms with Crippen LogP contribution in [-0.4, -0.2) is 58.0 Å². The third-order valence-electron chi connectivity index (χ3n) is 9.57. The largest absolute Gasteiger partial charge is 0.468 e. The molecule has 0 aliphatic carbocycles. The number of benzene rings is 3. The minimum Gasteiger partial charge on any atom is -0.468 e. The number of nitrogens with zero attached hydrogens (tertiary/aromatic N) is 6. The van der Waals surface area contributed by atoms with E-state index >= 15 is 4.39 Å². The van der Waals surface area contributed by atoms with Gasteiger partial charge in [0.2, 0.25) is 5.88 Å². The summed E-state index contributed by atoms with van der Waals surface area (Å²) in [5, 5.41) is 30.4. The number of piperidine rings is 1. The van der Waals surface area contributed by atoms with Gasteiger partial charge in [0.1, 0.15) is 11.6 Å². The molecule has 1 N–H and O–H groups in total. The van der Waals surface area contributed by atoms with Gasteiger partial charge in [-0.2, -0.15) is 15.6 Å². The Labute approximate surface area is 271 Å². The van der Waals surface area contributed by atoms with E-state index < -0.39 is 5.82 Å². The Morgan fingerprint density at radius 3 is 2.78 bits per heavy atom. The maximum Gasteiger partial charge on any atom is 0.225 e. The highest BCUT2D eigenvalue weighted by Crippen LogP contribution is 2.43. The third-order valence-corrected chi connectivity index (χ3v) is 9.87. The molecule has 2 fully saturated rings. The maximum absolute atomic E-state index is 17.1. The zero-order chi connectivity index (χ0) is 31.9. The fourth-order valence-electron chi connectivity index (χ4n) is 7.34. The van der Waals surface area contributed by atoms with Crippen molar-refractivity contribution >= 4 is 44.2 Å². The van der Waals surface area contributed by atoms with Crippen LogP contribution in [0.5, 0.6) is 5.88 Å². The monoisotopic (exact) mass is 633 g/mol. The van der Waals surface area contributed by atoms with Crippen LogP contribution < -0.4 is 10.1 Å². The summed E-state index contributed by atoms with van der Waals surface area (Å²) in [5.74, 6) is -0.313. The number of pyridine rings is 1. The van der Waals surface area contributed by atoms with Crippen molar-refractivity contribution in [3.63, 3.8) is 0 Å². The first-order valence-electron chi connectivity index (χ1n) is 15.6. The Hall–Kier alpha value is -4.54. The highest BCUT2D eigenvalue weighted by atomic mass is 35.5. The van der Waals surface area contributed by atoms with Gasteiger partial charge < -0.3 is 10.1 Å². The number of hydrogen-bond donors (Lipinski definition) is 1. The second-order valence-corrected chi connectivity index (χ2v) is 12.6. The van der Waals surface area contributed by atoms with Crippen molar-refractivity contribution < 1.29 is 9.13 Å². The quantitative estimate of drug-likeness (QED) is 0.188. The number of aromatic nitrogens is 3. The second kappa shape index (κ2) is 12.3. The van der Waals surface area contributed by atoms with E-state index in [1.807, 2.05) is 28.9 Å². The first-order valence-corrected chi connectivity index (χ1v) is 16.0. The van der Waals surface area contributed by atoms with Gasteiger partial charge in [-0.15, -0.1) is 0 Å². The Balaban J connectivity index is 1.47. The number of likely N-dealkylation sites (tertiary alicyclic amines) is 1. The van der Waals surface area contributed by atoms with Crippen molar-refractivity contribution in [1.82, 2.24) is 25.0 Å². The Morgan fingerprint density at radius 2 is 2.04 bits per heavy atom. The van der Waals surface area contributed by atoms with Crippen LogP contribution in [0.1, 0.15) is 43.7 Å². The average Bonchev–Trinajstić information content (AvgIpc) is 3.71. The number of likely N-dealkylation sites (N-methyl/N-ethyl adjacent to an activating group) is 1. The lowest BCUT2D eigenvalue weighted by Crippen LogP contribution is -2.39. The van der Waals surface area contributed by atoms with Crippen molar-refractivity contribution in [1.29, 1.82) is 10.5 Å². The van der Waals surface area contributed by atoms with Gasteiger partial charge in [-0.3, -0.25) is 9.58 Å². The average molecular weight is 634 g/mol. The summed E-state index contributed by atoms with van der Waals surface area (Å²) in [7, 11) is 2.07. The molecule has 4 atom stereocenters. The molecule has 0 saturated carbocycles. The van der Waals surface area contributed by atoms with E-state index in [0.29, 0.717) is 45.6 Å². The highest BCUT2D eigenvalue weighted by molar-refractivity contribution is 6.35. The molecule has 2 aliphatic rings. The standard InChI is InChI=1S/C36H33ClFN7O/c1-3-30(29-11-6-16-44(29)2)46-36-27-20-42-45(24-13-15-41-23(17-24)12-14-39)35(27)26-18-28(37)32(33(38)34(26)43-36)25-10-5-8-21-7-4-9-22(19-40)31(21)25/h3-5,7-10,18,20,23-24,29-30,41H,1,6,11-13,15-17H2,2H3/t23-,24+,29+,30+/m1/s1. The lowest BCUT2D eigenvalue weighted by molar-refractivity contribution is 0.140. The molecule has 232 valence electrons. The zero-order valence-electron chi connectivity index (χ0n) is 25.5. The molecule has 5 aromatic rings. The molecule has 2 saturated heterocycles. The SMILES string of the molecule is C=C[C@H](Oc1nc2c(F)c(-c3cccc4cccc(C#N)c34)c(Cl)cc2c2c1cnn2[C@H]1CCN[C@H](CC#N)C1)[C@@H]1CCCN1C. The first-order chi connectivity index (χ1) is 22.4. The van der Waals surface area contributed by atoms with Crippen LogP contribution in [-0.2, 0) is 0 Å². The van der Waals surface area contributed by atoms with E-state index in [2.05, 4.69) is 36.0 Å². The summed E-state index contributed by atoms with van der Waals surface area (Å²) in [6.45, 7) is 5.76. The molecular weight excluding hydrogens is 601 g/mol. The Kier molecular flexibility index (Phi) is 8.08. The van der Waals surface area contributed by atoms with Crippen molar-refractivity contribution in [2.45, 2.75) is 56.3 Å². The predicted molar refractivity (Wildman–Crippen MR) is 178 cm³/mol. The van der Waals surface area contributed by atoms with Gasteiger partial charge in [-0.1, -0.05) is 48.5 Å². The number of hydrogen-bond acceptors (Lipinski definition) is 7. The van der Waals surface area contributed by atoms with Crippen LogP contribution in [0.2, 0.25) is 5.02 Å². The summed E-state index contributed by atoms with van der Waals surface area (Å²) in [6.07, 6.45) is 7.05. The molecule has 0 amide bonds. The summed E-state index contributed by atoms with van der Waals surface area (Å²) < 4.78 is 25.7. The van der Waals surface area contributed by atoms with E-state index in [0.717, 1.165) is 37.7 Å². The minimum atomic E-state index is -0.594. The van der Waals surface area contributed by atoms with Crippen LogP contribution in [0.25, 0.3) is 43.7 Å². The van der Waals surface area contributed by atoms with Gasteiger partial charge in [-0.25, -0.2) is 9.37 Å². The molecule has 0 spiro atoms. The van der Waals surface area contributed by atoms with E-state index in [4.69, 9.17) is 26.4 Å². The second-order valence-electron chi connectivity index (χ2n) is 12.2. The van der Waals surface area contributed by atoms with E-state index in [1.165, 1.54) is 0 Å². The first kappa shape index (κ1) is 30.1. The fourth-order valence-corrected chi connectivity index (χ4v) is 7.63. The lowest BCUT2D eigenvalue weighted by atomic mass is 9.93. The summed E-state index contributed by atoms with van der Waals surface area (Å²) in [6, 6.07) is 17.3. The van der Waals surface area contributed by atoms with Crippen LogP contribution >= 0.6 is 11.6 Å². The van der Waals surface area contributed by atoms with Crippen molar-refractivity contribution in [2.75, 3.05) is 20.1 Å². The predicted octanol–water partition coefficient (Wildman–Crippen LogP) is 7.30. The maximum atomic E-state index is 17.1. The van der Waals surface area contributed by atoms with Crippen LogP contribution in [0.15, 0.2) is 61.3 Å². The number of fused-ring (bicyclic) bond motifs is 4. The molecule has 10 heteroatoms. The van der Waals surface area contributed by atoms with Gasteiger partial charge in [0, 0.05) is 22.4 Å². The van der Waals surface area contributed by atoms with Gasteiger partial charge in [0.05, 0.1) is 58.3 Å². The highest BCUT2D eigenvalue weighted by Gasteiger charge is 2.32. The van der Waals surface area contributed by atoms with Crippen molar-refractivity contribution in [3.05, 3.63) is 77.7 Å². The molecule has 2 aliphatic heterocycles. The normalized spacial score (nSPS) is 20.9. The van der Waals surface area contributed by atoms with Gasteiger partial charge in [-0.05, 0) is 75.0 Å². The topological polar surface area (TPSA) is 103 Å². The molecular formula is C36H33ClFN7O. The number of ether oxygens (including phenoxy) is 1. The third kappa shape index (κ3) is 5.05. The lowest BCUT2D eigenvalue weighted by Gasteiger charge is -2.30. The Morgan fingerprint density at radius 1 is 1.22 bits per heavy atom. The molecule has 2 aromatic heterocycles. The molecule has 8 nitrogen and oxygen atoms in total. The van der Waals surface area contributed by atoms with Crippen LogP contribution in [0.4, 0.5) is 4.39 Å². The summed E-state index contributed by atoms with van der Waals surface area (Å²) in [5.41, 5.74) is 1.93. The van der Waals surface area contributed by atoms with Crippen LogP contribution in [0.3, 0.4) is 0 Å². The van der Waals surface area contributed by atoms with Crippen LogP contribution in [0, 0.1) is 28.5 Å². The Bertz CT molecular complexity index is 2070. The zero-order valence-corrected chi connectivity index (χ0v) is 26.3. The molecule has 0 bridgehead atoms. The van der Waals surface area contributed by atoms with Gasteiger partial charge in [0.15, 0.2) is 5.82 Å². The summed E-state index contributed by atoms with van der Waals surface area (Å²) >= 11 is 6.98. The molecule has 0 radical (unpaired) electrons. The summed E-state index contributed by atoms with van der Waals surface area (Å²) in [4.78, 5) is 7.10. The van der Waals surface area contributed by atoms with E-state index in [9.17, 15) is 10.5 Å². The molecule has 7 rings (SSSR count). The number of nitrogens with one attached hydrogen (secondary N) is 1. The van der Waals surface area contributed by atoms with Crippen molar-refractivity contribution in [2.24, 2.45) is 0 Å². The fraction of sp³-hybridized carbons (Fsp3) is 0.333. The van der Waals surface area contributed by atoms with Gasteiger partial charge >= 0.3 is 0 Å². The van der Waals surface area contributed by atoms with Gasteiger partial charge in [0.25, 0.3) is 0 Å². The molecule has 3 aromatic carbocycles. The minimum absolute atomic E-state index is 0.0236. The number of halogens is 2. The van der Waals surface area contributed by atoms with E-state index in [-0.39, 0.29) is 46.2 Å². The molecule has 46 heavy (non-hydrogen) atoms. The molecule has 4 heterocycles. The van der Waals surface area contributed by atoms with Crippen molar-refractivity contribution in [3.8, 4) is 29.1 Å². The number of rotatable bonds is 7.